The summed E-state index contributed by atoms with van der Waals surface area (Å²) >= 11 is 0. The summed E-state index contributed by atoms with van der Waals surface area (Å²) in [7, 11) is 0. The number of rotatable bonds is 5. The number of furan rings is 1. The molecule has 0 aliphatic rings. The van der Waals surface area contributed by atoms with Crippen molar-refractivity contribution in [2.75, 3.05) is 11.4 Å². The Labute approximate surface area is 101 Å². The quantitative estimate of drug-likeness (QED) is 0.738. The molecule has 0 atom stereocenters. The van der Waals surface area contributed by atoms with Gasteiger partial charge in [-0.2, -0.15) is 0 Å². The van der Waals surface area contributed by atoms with E-state index in [0.717, 1.165) is 30.8 Å². The van der Waals surface area contributed by atoms with Crippen molar-refractivity contribution < 1.29 is 9.21 Å². The highest BCUT2D eigenvalue weighted by atomic mass is 16.3. The van der Waals surface area contributed by atoms with Gasteiger partial charge in [-0.05, 0) is 43.3 Å². The molecule has 1 aromatic carbocycles. The fraction of sp³-hybridized carbons (Fsp3) is 0.214. The molecule has 0 amide bonds. The van der Waals surface area contributed by atoms with E-state index in [0.29, 0.717) is 5.56 Å². The average Bonchev–Trinajstić information content (AvgIpc) is 2.89. The molecule has 0 aliphatic carbocycles. The van der Waals surface area contributed by atoms with Gasteiger partial charge in [0, 0.05) is 17.8 Å². The van der Waals surface area contributed by atoms with Crippen molar-refractivity contribution in [3.63, 3.8) is 0 Å². The molecule has 0 unspecified atom stereocenters. The molecule has 2 aromatic rings. The summed E-state index contributed by atoms with van der Waals surface area (Å²) in [5, 5.41) is 0. The highest BCUT2D eigenvalue weighted by molar-refractivity contribution is 5.75. The number of carbonyl (C=O) groups is 1. The zero-order valence-electron chi connectivity index (χ0n) is 9.80. The first kappa shape index (κ1) is 11.5. The Hall–Kier alpha value is -2.03. The Kier molecular flexibility index (Phi) is 3.60. The summed E-state index contributed by atoms with van der Waals surface area (Å²) in [6.07, 6.45) is 2.53. The van der Waals surface area contributed by atoms with Crippen LogP contribution in [0.25, 0.3) is 0 Å². The molecular weight excluding hydrogens is 214 g/mol. The lowest BCUT2D eigenvalue weighted by atomic mass is 10.2. The Morgan fingerprint density at radius 3 is 2.53 bits per heavy atom. The Morgan fingerprint density at radius 2 is 2.00 bits per heavy atom. The third-order valence-corrected chi connectivity index (χ3v) is 2.70. The largest absolute Gasteiger partial charge is 0.467 e. The molecule has 0 fully saturated rings. The van der Waals surface area contributed by atoms with Gasteiger partial charge in [-0.3, -0.25) is 4.79 Å². The van der Waals surface area contributed by atoms with E-state index in [9.17, 15) is 4.79 Å². The van der Waals surface area contributed by atoms with Gasteiger partial charge in [0.1, 0.15) is 12.0 Å². The van der Waals surface area contributed by atoms with Crippen molar-refractivity contribution in [1.29, 1.82) is 0 Å². The second-order valence-corrected chi connectivity index (χ2v) is 3.80. The fourth-order valence-electron chi connectivity index (χ4n) is 1.74. The molecule has 0 bridgehead atoms. The maximum absolute atomic E-state index is 10.6. The molecule has 17 heavy (non-hydrogen) atoms. The van der Waals surface area contributed by atoms with E-state index in [1.54, 1.807) is 6.26 Å². The number of anilines is 1. The van der Waals surface area contributed by atoms with E-state index in [1.165, 1.54) is 0 Å². The summed E-state index contributed by atoms with van der Waals surface area (Å²) in [5.41, 5.74) is 1.79. The first-order valence-corrected chi connectivity index (χ1v) is 5.66. The van der Waals surface area contributed by atoms with Gasteiger partial charge in [-0.15, -0.1) is 0 Å². The molecule has 0 radical (unpaired) electrons. The summed E-state index contributed by atoms with van der Waals surface area (Å²) < 4.78 is 5.33. The molecule has 88 valence electrons. The Bertz CT molecular complexity index is 459. The summed E-state index contributed by atoms with van der Waals surface area (Å²) in [6.45, 7) is 3.72. The molecular formula is C14H15NO2. The number of hydrogen-bond donors (Lipinski definition) is 0. The maximum Gasteiger partial charge on any atom is 0.150 e. The standard InChI is InChI=1S/C14H15NO2/c1-2-15(10-14-4-3-9-17-14)13-7-5-12(11-16)6-8-13/h3-9,11H,2,10H2,1H3. The normalized spacial score (nSPS) is 10.2. The second-order valence-electron chi connectivity index (χ2n) is 3.80. The van der Waals surface area contributed by atoms with Gasteiger partial charge in [0.05, 0.1) is 12.8 Å². The van der Waals surface area contributed by atoms with Crippen LogP contribution in [0.4, 0.5) is 5.69 Å². The van der Waals surface area contributed by atoms with Crippen LogP contribution in [-0.4, -0.2) is 12.8 Å². The van der Waals surface area contributed by atoms with Gasteiger partial charge in [-0.25, -0.2) is 0 Å². The topological polar surface area (TPSA) is 33.5 Å². The van der Waals surface area contributed by atoms with Crippen molar-refractivity contribution in [2.24, 2.45) is 0 Å². The SMILES string of the molecule is CCN(Cc1ccco1)c1ccc(C=O)cc1. The van der Waals surface area contributed by atoms with Crippen LogP contribution in [-0.2, 0) is 6.54 Å². The molecule has 3 nitrogen and oxygen atoms in total. The number of carbonyl (C=O) groups excluding carboxylic acids is 1. The molecule has 1 heterocycles. The van der Waals surface area contributed by atoms with Crippen LogP contribution < -0.4 is 4.90 Å². The molecule has 0 saturated carbocycles. The Balaban J connectivity index is 2.14. The lowest BCUT2D eigenvalue weighted by Gasteiger charge is -2.21. The van der Waals surface area contributed by atoms with Crippen LogP contribution in [0.1, 0.15) is 23.0 Å². The van der Waals surface area contributed by atoms with Crippen LogP contribution in [0.3, 0.4) is 0 Å². The third kappa shape index (κ3) is 2.75. The summed E-state index contributed by atoms with van der Waals surface area (Å²) in [4.78, 5) is 12.8. The van der Waals surface area contributed by atoms with Crippen molar-refractivity contribution >= 4 is 12.0 Å². The number of benzene rings is 1. The Morgan fingerprint density at radius 1 is 1.24 bits per heavy atom. The van der Waals surface area contributed by atoms with Gasteiger partial charge in [-0.1, -0.05) is 0 Å². The predicted octanol–water partition coefficient (Wildman–Crippen LogP) is 3.12. The molecule has 2 rings (SSSR count). The van der Waals surface area contributed by atoms with Crippen molar-refractivity contribution in [2.45, 2.75) is 13.5 Å². The first-order chi connectivity index (χ1) is 8.33. The van der Waals surface area contributed by atoms with Gasteiger partial charge >= 0.3 is 0 Å². The lowest BCUT2D eigenvalue weighted by molar-refractivity contribution is 0.112. The van der Waals surface area contributed by atoms with Crippen molar-refractivity contribution in [3.05, 3.63) is 54.0 Å². The number of aldehydes is 1. The zero-order chi connectivity index (χ0) is 12.1. The van der Waals surface area contributed by atoms with Crippen LogP contribution >= 0.6 is 0 Å². The number of nitrogens with zero attached hydrogens (tertiary/aromatic N) is 1. The van der Waals surface area contributed by atoms with Crippen LogP contribution in [0.5, 0.6) is 0 Å². The summed E-state index contributed by atoms with van der Waals surface area (Å²) in [6, 6.07) is 11.4. The van der Waals surface area contributed by atoms with Gasteiger partial charge < -0.3 is 9.32 Å². The average molecular weight is 229 g/mol. The molecule has 0 saturated heterocycles. The lowest BCUT2D eigenvalue weighted by Crippen LogP contribution is -2.21. The zero-order valence-corrected chi connectivity index (χ0v) is 9.80. The van der Waals surface area contributed by atoms with Crippen LogP contribution in [0.2, 0.25) is 0 Å². The molecule has 1 aromatic heterocycles. The minimum absolute atomic E-state index is 0.697. The molecule has 3 heteroatoms. The van der Waals surface area contributed by atoms with E-state index >= 15 is 0 Å². The van der Waals surface area contributed by atoms with Crippen LogP contribution in [0.15, 0.2) is 47.1 Å². The van der Waals surface area contributed by atoms with Crippen LogP contribution in [0, 0.1) is 0 Å². The smallest absolute Gasteiger partial charge is 0.150 e. The van der Waals surface area contributed by atoms with Crippen molar-refractivity contribution in [3.8, 4) is 0 Å². The maximum atomic E-state index is 10.6. The van der Waals surface area contributed by atoms with E-state index in [4.69, 9.17) is 4.42 Å². The highest BCUT2D eigenvalue weighted by Gasteiger charge is 2.06. The third-order valence-electron chi connectivity index (χ3n) is 2.70. The molecule has 0 N–H and O–H groups in total. The fourth-order valence-corrected chi connectivity index (χ4v) is 1.74. The summed E-state index contributed by atoms with van der Waals surface area (Å²) in [5.74, 6) is 0.936. The highest BCUT2D eigenvalue weighted by Crippen LogP contribution is 2.17. The molecule has 0 aliphatic heterocycles. The minimum atomic E-state index is 0.697. The van der Waals surface area contributed by atoms with Gasteiger partial charge in [0.15, 0.2) is 0 Å². The van der Waals surface area contributed by atoms with Gasteiger partial charge in [0.25, 0.3) is 0 Å². The van der Waals surface area contributed by atoms with Crippen molar-refractivity contribution in [1.82, 2.24) is 0 Å². The second kappa shape index (κ2) is 5.34. The monoisotopic (exact) mass is 229 g/mol. The van der Waals surface area contributed by atoms with Gasteiger partial charge in [0.2, 0.25) is 0 Å². The van der Waals surface area contributed by atoms with E-state index in [-0.39, 0.29) is 0 Å². The predicted molar refractivity (Wildman–Crippen MR) is 67.3 cm³/mol. The van der Waals surface area contributed by atoms with E-state index < -0.39 is 0 Å². The van der Waals surface area contributed by atoms with E-state index in [2.05, 4.69) is 11.8 Å². The molecule has 0 spiro atoms. The van der Waals surface area contributed by atoms with E-state index in [1.807, 2.05) is 36.4 Å². The first-order valence-electron chi connectivity index (χ1n) is 5.66. The number of hydrogen-bond acceptors (Lipinski definition) is 3. The minimum Gasteiger partial charge on any atom is -0.467 e.